The molecule has 0 aromatic heterocycles. The minimum Gasteiger partial charge on any atom is -0.376 e. The molecule has 1 saturated heterocycles. The third-order valence-electron chi connectivity index (χ3n) is 2.18. The zero-order valence-corrected chi connectivity index (χ0v) is 8.58. The highest BCUT2D eigenvalue weighted by Crippen LogP contribution is 2.20. The minimum atomic E-state index is -0.180. The maximum atomic E-state index is 11.0. The fourth-order valence-corrected chi connectivity index (χ4v) is 1.43. The molecule has 1 aliphatic rings. The molecule has 0 radical (unpaired) electrons. The first kappa shape index (κ1) is 10.7. The second kappa shape index (κ2) is 4.72. The number of rotatable bonds is 4. The van der Waals surface area contributed by atoms with Gasteiger partial charge in [0.1, 0.15) is 6.10 Å². The maximum Gasteiger partial charge on any atom is 0.158 e. The monoisotopic (exact) mass is 186 g/mol. The third-order valence-corrected chi connectivity index (χ3v) is 2.18. The molecule has 1 rings (SSSR count). The van der Waals surface area contributed by atoms with Gasteiger partial charge in [0.2, 0.25) is 0 Å². The zero-order chi connectivity index (χ0) is 9.84. The number of hydrogen-bond acceptors (Lipinski definition) is 3. The largest absolute Gasteiger partial charge is 0.376 e. The molecule has 13 heavy (non-hydrogen) atoms. The van der Waals surface area contributed by atoms with Crippen LogP contribution in [0.25, 0.3) is 0 Å². The van der Waals surface area contributed by atoms with E-state index in [1.807, 2.05) is 13.8 Å². The molecular weight excluding hydrogens is 168 g/mol. The van der Waals surface area contributed by atoms with Gasteiger partial charge in [-0.25, -0.2) is 0 Å². The van der Waals surface area contributed by atoms with Crippen LogP contribution in [0.5, 0.6) is 0 Å². The number of carbonyl (C=O) groups excluding carboxylic acids is 1. The van der Waals surface area contributed by atoms with Gasteiger partial charge < -0.3 is 9.47 Å². The van der Waals surface area contributed by atoms with Crippen molar-refractivity contribution < 1.29 is 14.3 Å². The Hall–Kier alpha value is -0.410. The molecular formula is C10H18O3. The van der Waals surface area contributed by atoms with Crippen LogP contribution in [-0.4, -0.2) is 30.7 Å². The summed E-state index contributed by atoms with van der Waals surface area (Å²) in [6.07, 6.45) is 1.97. The smallest absolute Gasteiger partial charge is 0.158 e. The van der Waals surface area contributed by atoms with Crippen LogP contribution < -0.4 is 0 Å². The summed E-state index contributed by atoms with van der Waals surface area (Å²) in [5.74, 6) is 0.132. The Morgan fingerprint density at radius 3 is 2.69 bits per heavy atom. The van der Waals surface area contributed by atoms with Crippen molar-refractivity contribution >= 4 is 5.78 Å². The van der Waals surface area contributed by atoms with E-state index in [-0.39, 0.29) is 24.1 Å². The summed E-state index contributed by atoms with van der Waals surface area (Å²) in [5.41, 5.74) is 0. The molecule has 0 spiro atoms. The fourth-order valence-electron chi connectivity index (χ4n) is 1.43. The van der Waals surface area contributed by atoms with Crippen LogP contribution in [0.15, 0.2) is 0 Å². The van der Waals surface area contributed by atoms with E-state index in [0.29, 0.717) is 6.61 Å². The van der Waals surface area contributed by atoms with Crippen LogP contribution in [0.4, 0.5) is 0 Å². The van der Waals surface area contributed by atoms with Crippen molar-refractivity contribution in [1.82, 2.24) is 0 Å². The third kappa shape index (κ3) is 3.44. The summed E-state index contributed by atoms with van der Waals surface area (Å²) in [6, 6.07) is 0. The second-order valence-electron chi connectivity index (χ2n) is 3.82. The van der Waals surface area contributed by atoms with Gasteiger partial charge in [-0.05, 0) is 33.6 Å². The highest BCUT2D eigenvalue weighted by Gasteiger charge is 2.28. The number of hydrogen-bond donors (Lipinski definition) is 0. The Morgan fingerprint density at radius 2 is 2.23 bits per heavy atom. The van der Waals surface area contributed by atoms with Crippen LogP contribution in [0.1, 0.15) is 33.6 Å². The van der Waals surface area contributed by atoms with Gasteiger partial charge in [0.15, 0.2) is 5.78 Å². The molecule has 76 valence electrons. The first-order chi connectivity index (χ1) is 6.09. The van der Waals surface area contributed by atoms with E-state index in [9.17, 15) is 4.79 Å². The van der Waals surface area contributed by atoms with Crippen LogP contribution in [0.2, 0.25) is 0 Å². The first-order valence-electron chi connectivity index (χ1n) is 4.87. The zero-order valence-electron chi connectivity index (χ0n) is 8.58. The molecule has 0 bridgehead atoms. The van der Waals surface area contributed by atoms with E-state index in [1.54, 1.807) is 6.92 Å². The predicted molar refractivity (Wildman–Crippen MR) is 49.7 cm³/mol. The Labute approximate surface area is 79.4 Å². The lowest BCUT2D eigenvalue weighted by Crippen LogP contribution is -2.22. The molecule has 1 fully saturated rings. The fraction of sp³-hybridized carbons (Fsp3) is 0.900. The number of ketones is 1. The average molecular weight is 186 g/mol. The summed E-state index contributed by atoms with van der Waals surface area (Å²) in [5, 5.41) is 0. The van der Waals surface area contributed by atoms with Crippen LogP contribution in [0, 0.1) is 0 Å². The number of carbonyl (C=O) groups is 1. The molecule has 0 aromatic rings. The lowest BCUT2D eigenvalue weighted by molar-refractivity contribution is -0.129. The molecule has 1 heterocycles. The van der Waals surface area contributed by atoms with Gasteiger partial charge in [0, 0.05) is 0 Å². The molecule has 0 amide bonds. The molecule has 1 aliphatic heterocycles. The first-order valence-corrected chi connectivity index (χ1v) is 4.87. The van der Waals surface area contributed by atoms with Crippen LogP contribution >= 0.6 is 0 Å². The highest BCUT2D eigenvalue weighted by atomic mass is 16.5. The lowest BCUT2D eigenvalue weighted by atomic mass is 10.1. The summed E-state index contributed by atoms with van der Waals surface area (Å²) in [7, 11) is 0. The quantitative estimate of drug-likeness (QED) is 0.668. The standard InChI is InChI=1S/C10H18O3/c1-7(2)12-6-9-4-5-10(13-9)8(3)11/h7,9-10H,4-6H2,1-3H3. The summed E-state index contributed by atoms with van der Waals surface area (Å²) in [4.78, 5) is 11.0. The molecule has 2 unspecified atom stereocenters. The van der Waals surface area contributed by atoms with Gasteiger partial charge in [-0.2, -0.15) is 0 Å². The minimum absolute atomic E-state index is 0.122. The summed E-state index contributed by atoms with van der Waals surface area (Å²) < 4.78 is 10.9. The Balaban J connectivity index is 2.21. The second-order valence-corrected chi connectivity index (χ2v) is 3.82. The summed E-state index contributed by atoms with van der Waals surface area (Å²) >= 11 is 0. The molecule has 0 aliphatic carbocycles. The van der Waals surface area contributed by atoms with Crippen molar-refractivity contribution in [2.75, 3.05) is 6.61 Å². The number of ether oxygens (including phenoxy) is 2. The molecule has 0 saturated carbocycles. The van der Waals surface area contributed by atoms with Crippen LogP contribution in [0.3, 0.4) is 0 Å². The van der Waals surface area contributed by atoms with Gasteiger partial charge in [0.25, 0.3) is 0 Å². The Morgan fingerprint density at radius 1 is 1.54 bits per heavy atom. The SMILES string of the molecule is CC(=O)C1CCC(COC(C)C)O1. The molecule has 2 atom stereocenters. The maximum absolute atomic E-state index is 11.0. The summed E-state index contributed by atoms with van der Waals surface area (Å²) in [6.45, 7) is 6.19. The molecule has 3 heteroatoms. The van der Waals surface area contributed by atoms with E-state index >= 15 is 0 Å². The Kier molecular flexibility index (Phi) is 3.88. The van der Waals surface area contributed by atoms with Crippen molar-refractivity contribution in [2.24, 2.45) is 0 Å². The molecule has 3 nitrogen and oxygen atoms in total. The van der Waals surface area contributed by atoms with Gasteiger partial charge >= 0.3 is 0 Å². The van der Waals surface area contributed by atoms with Crippen LogP contribution in [-0.2, 0) is 14.3 Å². The van der Waals surface area contributed by atoms with Crippen molar-refractivity contribution in [3.63, 3.8) is 0 Å². The van der Waals surface area contributed by atoms with E-state index in [2.05, 4.69) is 0 Å². The number of Topliss-reactive ketones (excluding diaryl/α,β-unsaturated/α-hetero) is 1. The van der Waals surface area contributed by atoms with Crippen molar-refractivity contribution in [3.8, 4) is 0 Å². The van der Waals surface area contributed by atoms with E-state index in [1.165, 1.54) is 0 Å². The van der Waals surface area contributed by atoms with Gasteiger partial charge in [0.05, 0.1) is 18.8 Å². The highest BCUT2D eigenvalue weighted by molar-refractivity contribution is 5.80. The van der Waals surface area contributed by atoms with Crippen molar-refractivity contribution in [1.29, 1.82) is 0 Å². The predicted octanol–water partition coefficient (Wildman–Crippen LogP) is 1.55. The average Bonchev–Trinajstić information content (AvgIpc) is 2.48. The van der Waals surface area contributed by atoms with Gasteiger partial charge in [-0.1, -0.05) is 0 Å². The van der Waals surface area contributed by atoms with E-state index < -0.39 is 0 Å². The lowest BCUT2D eigenvalue weighted by Gasteiger charge is -2.13. The van der Waals surface area contributed by atoms with E-state index in [4.69, 9.17) is 9.47 Å². The topological polar surface area (TPSA) is 35.5 Å². The van der Waals surface area contributed by atoms with Gasteiger partial charge in [-0.15, -0.1) is 0 Å². The normalized spacial score (nSPS) is 28.3. The Bertz CT molecular complexity index is 177. The van der Waals surface area contributed by atoms with E-state index in [0.717, 1.165) is 12.8 Å². The molecule has 0 aromatic carbocycles. The van der Waals surface area contributed by atoms with Gasteiger partial charge in [-0.3, -0.25) is 4.79 Å². The van der Waals surface area contributed by atoms with Crippen molar-refractivity contribution in [2.45, 2.75) is 51.9 Å². The molecule has 0 N–H and O–H groups in total. The van der Waals surface area contributed by atoms with Crippen molar-refractivity contribution in [3.05, 3.63) is 0 Å².